The maximum absolute atomic E-state index is 13.9. The highest BCUT2D eigenvalue weighted by molar-refractivity contribution is 5.95. The van der Waals surface area contributed by atoms with Crippen LogP contribution in [0.2, 0.25) is 0 Å². The van der Waals surface area contributed by atoms with Crippen LogP contribution in [0.25, 0.3) is 0 Å². The van der Waals surface area contributed by atoms with E-state index in [1.807, 2.05) is 6.07 Å². The first-order valence-electron chi connectivity index (χ1n) is 12.2. The maximum atomic E-state index is 13.9. The summed E-state index contributed by atoms with van der Waals surface area (Å²) in [7, 11) is 0. The lowest BCUT2D eigenvalue weighted by Gasteiger charge is -2.37. The van der Waals surface area contributed by atoms with Crippen molar-refractivity contribution in [2.45, 2.75) is 45.2 Å². The molecule has 2 atom stereocenters. The van der Waals surface area contributed by atoms with Crippen LogP contribution in [-0.2, 0) is 6.54 Å². The molecule has 8 heteroatoms. The highest BCUT2D eigenvalue weighted by atomic mass is 19.1. The number of piperazine rings is 1. The van der Waals surface area contributed by atoms with Crippen LogP contribution in [0.3, 0.4) is 0 Å². The van der Waals surface area contributed by atoms with E-state index in [1.165, 1.54) is 43.0 Å². The molecule has 7 nitrogen and oxygen atoms in total. The standard InChI is InChI=1S/C26H33FN4O3/c1-18-4-2-3-5-21(18)28-26(29-22-15-20(27)7-8-23(22)32)31-12-10-30(11-13-31)16-19-6-9-24-25(14-19)34-17-33-24/h6-9,14-15,18,21,32H,2-5,10-13,16-17H2,1H3,(H,28,29). The van der Waals surface area contributed by atoms with Gasteiger partial charge in [-0.3, -0.25) is 4.90 Å². The third-order valence-electron chi connectivity index (χ3n) is 7.07. The van der Waals surface area contributed by atoms with Gasteiger partial charge in [-0.05, 0) is 48.6 Å². The quantitative estimate of drug-likeness (QED) is 0.393. The Morgan fingerprint density at radius 3 is 2.68 bits per heavy atom. The van der Waals surface area contributed by atoms with Gasteiger partial charge in [0.05, 0.1) is 11.7 Å². The SMILES string of the molecule is CC1CCCCC1N=C(Nc1cc(F)ccc1O)N1CCN(Cc2ccc3c(c2)OCO3)CC1. The minimum atomic E-state index is -0.390. The third-order valence-corrected chi connectivity index (χ3v) is 7.07. The number of nitrogens with one attached hydrogen (secondary N) is 1. The number of aromatic hydroxyl groups is 1. The van der Waals surface area contributed by atoms with Crippen molar-refractivity contribution in [1.29, 1.82) is 0 Å². The molecule has 2 aromatic rings. The molecule has 0 aromatic heterocycles. The Morgan fingerprint density at radius 1 is 1.06 bits per heavy atom. The van der Waals surface area contributed by atoms with Crippen molar-refractivity contribution in [2.24, 2.45) is 10.9 Å². The second kappa shape index (κ2) is 10.1. The van der Waals surface area contributed by atoms with Gasteiger partial charge in [0.25, 0.3) is 0 Å². The highest BCUT2D eigenvalue weighted by Gasteiger charge is 2.26. The summed E-state index contributed by atoms with van der Waals surface area (Å²) in [6, 6.07) is 10.3. The predicted octanol–water partition coefficient (Wildman–Crippen LogP) is 4.42. The smallest absolute Gasteiger partial charge is 0.231 e. The van der Waals surface area contributed by atoms with Crippen LogP contribution < -0.4 is 14.8 Å². The maximum Gasteiger partial charge on any atom is 0.231 e. The van der Waals surface area contributed by atoms with Gasteiger partial charge >= 0.3 is 0 Å². The predicted molar refractivity (Wildman–Crippen MR) is 130 cm³/mol. The number of nitrogens with zero attached hydrogens (tertiary/aromatic N) is 3. The molecule has 2 unspecified atom stereocenters. The lowest BCUT2D eigenvalue weighted by molar-refractivity contribution is 0.172. The van der Waals surface area contributed by atoms with Crippen molar-refractivity contribution in [1.82, 2.24) is 9.80 Å². The van der Waals surface area contributed by atoms with E-state index in [-0.39, 0.29) is 24.4 Å². The molecule has 1 saturated carbocycles. The number of fused-ring (bicyclic) bond motifs is 1. The zero-order valence-corrected chi connectivity index (χ0v) is 19.7. The number of ether oxygens (including phenoxy) is 2. The Kier molecular flexibility index (Phi) is 6.76. The number of aliphatic imine (C=N–C) groups is 1. The Morgan fingerprint density at radius 2 is 1.85 bits per heavy atom. The molecule has 1 aliphatic carbocycles. The average molecular weight is 469 g/mol. The van der Waals surface area contributed by atoms with Gasteiger partial charge in [0.15, 0.2) is 17.5 Å². The number of hydrogen-bond donors (Lipinski definition) is 2. The molecule has 2 aromatic carbocycles. The van der Waals surface area contributed by atoms with Crippen molar-refractivity contribution in [2.75, 3.05) is 38.3 Å². The second-order valence-corrected chi connectivity index (χ2v) is 9.52. The van der Waals surface area contributed by atoms with Crippen LogP contribution in [0.15, 0.2) is 41.4 Å². The number of hydrogen-bond acceptors (Lipinski definition) is 5. The topological polar surface area (TPSA) is 69.6 Å². The van der Waals surface area contributed by atoms with Gasteiger partial charge in [-0.15, -0.1) is 0 Å². The Labute approximate surface area is 200 Å². The normalized spacial score (nSPS) is 23.2. The van der Waals surface area contributed by atoms with E-state index in [1.54, 1.807) is 0 Å². The molecule has 0 amide bonds. The van der Waals surface area contributed by atoms with Crippen LogP contribution in [0.4, 0.5) is 10.1 Å². The fourth-order valence-corrected chi connectivity index (χ4v) is 4.98. The van der Waals surface area contributed by atoms with Crippen molar-refractivity contribution >= 4 is 11.6 Å². The summed E-state index contributed by atoms with van der Waals surface area (Å²) in [5.74, 6) is 2.48. The van der Waals surface area contributed by atoms with Crippen molar-refractivity contribution in [3.63, 3.8) is 0 Å². The molecule has 5 rings (SSSR count). The van der Waals surface area contributed by atoms with Crippen LogP contribution in [0.5, 0.6) is 17.2 Å². The van der Waals surface area contributed by atoms with Gasteiger partial charge in [-0.25, -0.2) is 9.38 Å². The first-order valence-corrected chi connectivity index (χ1v) is 12.2. The van der Waals surface area contributed by atoms with Gasteiger partial charge in [0.1, 0.15) is 11.6 Å². The van der Waals surface area contributed by atoms with E-state index < -0.39 is 0 Å². The van der Waals surface area contributed by atoms with E-state index in [4.69, 9.17) is 14.5 Å². The van der Waals surface area contributed by atoms with Crippen LogP contribution in [0, 0.1) is 11.7 Å². The van der Waals surface area contributed by atoms with Gasteiger partial charge in [-0.1, -0.05) is 25.8 Å². The summed E-state index contributed by atoms with van der Waals surface area (Å²) in [4.78, 5) is 9.74. The first-order chi connectivity index (χ1) is 16.5. The number of anilines is 1. The number of benzene rings is 2. The summed E-state index contributed by atoms with van der Waals surface area (Å²) in [5, 5.41) is 13.5. The molecule has 0 radical (unpaired) electrons. The Hall–Kier alpha value is -3.00. The van der Waals surface area contributed by atoms with Crippen molar-refractivity contribution < 1.29 is 19.0 Å². The van der Waals surface area contributed by atoms with Crippen molar-refractivity contribution in [3.8, 4) is 17.2 Å². The van der Waals surface area contributed by atoms with Crippen molar-refractivity contribution in [3.05, 3.63) is 47.8 Å². The molecule has 2 N–H and O–H groups in total. The number of phenols is 1. The van der Waals surface area contributed by atoms with Crippen LogP contribution >= 0.6 is 0 Å². The minimum absolute atomic E-state index is 0.0206. The molecule has 2 fully saturated rings. The fraction of sp³-hybridized carbons (Fsp3) is 0.500. The first kappa shape index (κ1) is 22.8. The van der Waals surface area contributed by atoms with Crippen LogP contribution in [-0.4, -0.2) is 59.9 Å². The zero-order chi connectivity index (χ0) is 23.5. The number of rotatable bonds is 4. The molecule has 3 aliphatic rings. The summed E-state index contributed by atoms with van der Waals surface area (Å²) in [6.07, 6.45) is 4.67. The molecule has 182 valence electrons. The average Bonchev–Trinajstić information content (AvgIpc) is 3.31. The van der Waals surface area contributed by atoms with Gasteiger partial charge in [0, 0.05) is 38.8 Å². The molecule has 2 heterocycles. The van der Waals surface area contributed by atoms with Gasteiger partial charge in [0.2, 0.25) is 6.79 Å². The number of halogens is 1. The monoisotopic (exact) mass is 468 g/mol. The van der Waals surface area contributed by atoms with E-state index in [0.717, 1.165) is 56.6 Å². The lowest BCUT2D eigenvalue weighted by atomic mass is 9.86. The largest absolute Gasteiger partial charge is 0.506 e. The van der Waals surface area contributed by atoms with Gasteiger partial charge in [-0.2, -0.15) is 0 Å². The zero-order valence-electron chi connectivity index (χ0n) is 19.7. The minimum Gasteiger partial charge on any atom is -0.506 e. The molecule has 34 heavy (non-hydrogen) atoms. The summed E-state index contributed by atoms with van der Waals surface area (Å²) >= 11 is 0. The van der Waals surface area contributed by atoms with E-state index in [0.29, 0.717) is 11.6 Å². The second-order valence-electron chi connectivity index (χ2n) is 9.52. The highest BCUT2D eigenvalue weighted by Crippen LogP contribution is 2.33. The van der Waals surface area contributed by atoms with E-state index in [9.17, 15) is 9.50 Å². The lowest BCUT2D eigenvalue weighted by Crippen LogP contribution is -2.50. The Balaban J connectivity index is 1.28. The Bertz CT molecular complexity index is 1040. The molecular weight excluding hydrogens is 435 g/mol. The van der Waals surface area contributed by atoms with Crippen LogP contribution in [0.1, 0.15) is 38.2 Å². The van der Waals surface area contributed by atoms with Gasteiger partial charge < -0.3 is 24.8 Å². The molecule has 1 saturated heterocycles. The third kappa shape index (κ3) is 5.22. The molecular formula is C26H33FN4O3. The fourth-order valence-electron chi connectivity index (χ4n) is 4.98. The summed E-state index contributed by atoms with van der Waals surface area (Å²) in [5.41, 5.74) is 1.55. The number of guanidine groups is 1. The summed E-state index contributed by atoms with van der Waals surface area (Å²) < 4.78 is 24.8. The molecule has 0 spiro atoms. The molecule has 0 bridgehead atoms. The van der Waals surface area contributed by atoms with E-state index >= 15 is 0 Å². The molecule has 2 aliphatic heterocycles. The summed E-state index contributed by atoms with van der Waals surface area (Å²) in [6.45, 7) is 6.74. The number of phenolic OH excluding ortho intramolecular Hbond substituents is 1. The van der Waals surface area contributed by atoms with E-state index in [2.05, 4.69) is 34.2 Å².